The van der Waals surface area contributed by atoms with E-state index in [0.29, 0.717) is 6.42 Å². The van der Waals surface area contributed by atoms with E-state index >= 15 is 0 Å². The van der Waals surface area contributed by atoms with E-state index in [2.05, 4.69) is 27.3 Å². The van der Waals surface area contributed by atoms with Gasteiger partial charge in [0, 0.05) is 30.4 Å². The number of rotatable bonds is 4. The Balaban J connectivity index is 1.47. The number of amides is 1. The maximum absolute atomic E-state index is 12.6. The van der Waals surface area contributed by atoms with Crippen molar-refractivity contribution in [2.45, 2.75) is 31.7 Å². The number of carbonyl (C=O) groups is 1. The third-order valence-electron chi connectivity index (χ3n) is 5.19. The smallest absolute Gasteiger partial charge is 0.406 e. The standard InChI is InChI=1S/C22H20F3N3O2/c1-28-13-16(12-26-28)19-4-2-3-14-5-8-17(11-20(14)19)27-21(29)15-6-9-18(10-7-15)30-22(23,24)25/h2-4,6-7,9-10,12-13,17H,5,8,11H2,1H3,(H,27,29). The van der Waals surface area contributed by atoms with Crippen LogP contribution in [0, 0.1) is 0 Å². The van der Waals surface area contributed by atoms with E-state index in [0.717, 1.165) is 36.1 Å². The summed E-state index contributed by atoms with van der Waals surface area (Å²) in [6.07, 6.45) is 1.34. The van der Waals surface area contributed by atoms with E-state index in [9.17, 15) is 18.0 Å². The first-order chi connectivity index (χ1) is 14.3. The van der Waals surface area contributed by atoms with Crippen molar-refractivity contribution in [3.8, 4) is 16.9 Å². The highest BCUT2D eigenvalue weighted by molar-refractivity contribution is 5.94. The van der Waals surface area contributed by atoms with Gasteiger partial charge in [-0.2, -0.15) is 5.10 Å². The number of ether oxygens (including phenoxy) is 1. The highest BCUT2D eigenvalue weighted by Crippen LogP contribution is 2.31. The van der Waals surface area contributed by atoms with E-state index in [1.165, 1.54) is 23.3 Å². The molecule has 0 saturated heterocycles. The van der Waals surface area contributed by atoms with Crippen molar-refractivity contribution in [2.24, 2.45) is 7.05 Å². The molecule has 0 fully saturated rings. The van der Waals surface area contributed by atoms with Crippen molar-refractivity contribution >= 4 is 5.91 Å². The number of benzene rings is 2. The fraction of sp³-hybridized carbons (Fsp3) is 0.273. The highest BCUT2D eigenvalue weighted by atomic mass is 19.4. The second-order valence-corrected chi connectivity index (χ2v) is 7.33. The molecule has 3 aromatic rings. The van der Waals surface area contributed by atoms with Crippen LogP contribution in [0.4, 0.5) is 13.2 Å². The van der Waals surface area contributed by atoms with Crippen LogP contribution in [0.1, 0.15) is 27.9 Å². The summed E-state index contributed by atoms with van der Waals surface area (Å²) in [7, 11) is 1.87. The minimum Gasteiger partial charge on any atom is -0.406 e. The van der Waals surface area contributed by atoms with Crippen LogP contribution in [0.3, 0.4) is 0 Å². The van der Waals surface area contributed by atoms with Gasteiger partial charge in [0.05, 0.1) is 6.20 Å². The maximum Gasteiger partial charge on any atom is 0.573 e. The summed E-state index contributed by atoms with van der Waals surface area (Å²) in [4.78, 5) is 12.6. The molecule has 1 amide bonds. The molecule has 30 heavy (non-hydrogen) atoms. The van der Waals surface area contributed by atoms with Gasteiger partial charge in [0.2, 0.25) is 0 Å². The molecule has 0 bridgehead atoms. The number of carbonyl (C=O) groups excluding carboxylic acids is 1. The van der Waals surface area contributed by atoms with Gasteiger partial charge in [0.1, 0.15) is 5.75 Å². The summed E-state index contributed by atoms with van der Waals surface area (Å²) >= 11 is 0. The van der Waals surface area contributed by atoms with Gasteiger partial charge in [-0.25, -0.2) is 0 Å². The van der Waals surface area contributed by atoms with Gasteiger partial charge in [-0.1, -0.05) is 18.2 Å². The molecular weight excluding hydrogens is 395 g/mol. The molecule has 1 unspecified atom stereocenters. The molecule has 0 radical (unpaired) electrons. The minimum absolute atomic E-state index is 0.0612. The Morgan fingerprint density at radius 1 is 1.20 bits per heavy atom. The summed E-state index contributed by atoms with van der Waals surface area (Å²) in [5.41, 5.74) is 4.87. The van der Waals surface area contributed by atoms with Crippen LogP contribution in [0.25, 0.3) is 11.1 Å². The van der Waals surface area contributed by atoms with Gasteiger partial charge < -0.3 is 10.1 Å². The predicted octanol–water partition coefficient (Wildman–Crippen LogP) is 4.27. The summed E-state index contributed by atoms with van der Waals surface area (Å²) in [6.45, 7) is 0. The number of hydrogen-bond donors (Lipinski definition) is 1. The van der Waals surface area contributed by atoms with Crippen LogP contribution in [-0.2, 0) is 19.9 Å². The third kappa shape index (κ3) is 4.48. The molecule has 1 N–H and O–H groups in total. The van der Waals surface area contributed by atoms with E-state index in [1.54, 1.807) is 4.68 Å². The van der Waals surface area contributed by atoms with Crippen LogP contribution in [0.5, 0.6) is 5.75 Å². The zero-order chi connectivity index (χ0) is 21.3. The normalized spacial score (nSPS) is 16.1. The molecule has 1 aliphatic carbocycles. The predicted molar refractivity (Wildman–Crippen MR) is 105 cm³/mol. The topological polar surface area (TPSA) is 56.2 Å². The monoisotopic (exact) mass is 415 g/mol. The lowest BCUT2D eigenvalue weighted by Crippen LogP contribution is -2.39. The van der Waals surface area contributed by atoms with Crippen LogP contribution in [0.2, 0.25) is 0 Å². The van der Waals surface area contributed by atoms with Crippen LogP contribution in [0.15, 0.2) is 54.9 Å². The Morgan fingerprint density at radius 3 is 2.63 bits per heavy atom. The summed E-state index contributed by atoms with van der Waals surface area (Å²) in [5, 5.41) is 7.25. The summed E-state index contributed by atoms with van der Waals surface area (Å²) in [6, 6.07) is 11.1. The highest BCUT2D eigenvalue weighted by Gasteiger charge is 2.31. The van der Waals surface area contributed by atoms with Crippen molar-refractivity contribution in [1.29, 1.82) is 0 Å². The lowest BCUT2D eigenvalue weighted by molar-refractivity contribution is -0.274. The minimum atomic E-state index is -4.76. The Hall–Kier alpha value is -3.29. The van der Waals surface area contributed by atoms with Gasteiger partial charge in [-0.3, -0.25) is 9.48 Å². The molecule has 2 aromatic carbocycles. The number of aryl methyl sites for hydroxylation is 2. The number of fused-ring (bicyclic) bond motifs is 1. The molecule has 1 aromatic heterocycles. The summed E-state index contributed by atoms with van der Waals surface area (Å²) < 4.78 is 42.4. The maximum atomic E-state index is 12.6. The molecule has 0 aliphatic heterocycles. The first-order valence-electron chi connectivity index (χ1n) is 9.55. The van der Waals surface area contributed by atoms with Gasteiger partial charge >= 0.3 is 6.36 Å². The number of halogens is 3. The van der Waals surface area contributed by atoms with Crippen LogP contribution >= 0.6 is 0 Å². The average Bonchev–Trinajstić information content (AvgIpc) is 3.13. The van der Waals surface area contributed by atoms with Crippen LogP contribution in [-0.4, -0.2) is 28.1 Å². The lowest BCUT2D eigenvalue weighted by Gasteiger charge is -2.27. The molecule has 4 rings (SSSR count). The summed E-state index contributed by atoms with van der Waals surface area (Å²) in [5.74, 6) is -0.673. The molecule has 1 aliphatic rings. The number of nitrogens with one attached hydrogen (secondary N) is 1. The largest absolute Gasteiger partial charge is 0.573 e. The Labute approximate surface area is 171 Å². The van der Waals surface area contributed by atoms with E-state index in [-0.39, 0.29) is 23.3 Å². The molecule has 1 atom stereocenters. The lowest BCUT2D eigenvalue weighted by atomic mass is 9.84. The fourth-order valence-electron chi connectivity index (χ4n) is 3.82. The van der Waals surface area contributed by atoms with Gasteiger partial charge in [-0.05, 0) is 60.2 Å². The first-order valence-corrected chi connectivity index (χ1v) is 9.55. The van der Waals surface area contributed by atoms with Gasteiger partial charge in [0.15, 0.2) is 0 Å². The van der Waals surface area contributed by atoms with Crippen LogP contribution < -0.4 is 10.1 Å². The van der Waals surface area contributed by atoms with Crippen molar-refractivity contribution < 1.29 is 22.7 Å². The second-order valence-electron chi connectivity index (χ2n) is 7.33. The van der Waals surface area contributed by atoms with E-state index < -0.39 is 6.36 Å². The van der Waals surface area contributed by atoms with Crippen molar-refractivity contribution in [1.82, 2.24) is 15.1 Å². The zero-order valence-corrected chi connectivity index (χ0v) is 16.2. The average molecular weight is 415 g/mol. The van der Waals surface area contributed by atoms with Gasteiger partial charge in [0.25, 0.3) is 5.91 Å². The van der Waals surface area contributed by atoms with E-state index in [1.807, 2.05) is 25.5 Å². The fourth-order valence-corrected chi connectivity index (χ4v) is 3.82. The second kappa shape index (κ2) is 7.85. The molecule has 0 saturated carbocycles. The Bertz CT molecular complexity index is 1060. The molecule has 0 spiro atoms. The van der Waals surface area contributed by atoms with Crippen molar-refractivity contribution in [3.05, 3.63) is 71.5 Å². The van der Waals surface area contributed by atoms with Gasteiger partial charge in [-0.15, -0.1) is 13.2 Å². The Kier molecular flexibility index (Phi) is 5.24. The molecule has 1 heterocycles. The van der Waals surface area contributed by atoms with Crippen molar-refractivity contribution in [2.75, 3.05) is 0 Å². The van der Waals surface area contributed by atoms with Crippen molar-refractivity contribution in [3.63, 3.8) is 0 Å². The first kappa shape index (κ1) is 20.0. The number of nitrogens with zero attached hydrogens (tertiary/aromatic N) is 2. The molecular formula is C22H20F3N3O2. The van der Waals surface area contributed by atoms with E-state index in [4.69, 9.17) is 0 Å². The quantitative estimate of drug-likeness (QED) is 0.692. The Morgan fingerprint density at radius 2 is 1.97 bits per heavy atom. The number of alkyl halides is 3. The SMILES string of the molecule is Cn1cc(-c2cccc3c2CC(NC(=O)c2ccc(OC(F)(F)F)cc2)CC3)cn1. The molecule has 5 nitrogen and oxygen atoms in total. The number of aromatic nitrogens is 2. The molecule has 8 heteroatoms. The number of hydrogen-bond acceptors (Lipinski definition) is 3. The third-order valence-corrected chi connectivity index (χ3v) is 5.19. The molecule has 156 valence electrons. The zero-order valence-electron chi connectivity index (χ0n) is 16.2.